The molecule has 2 atom stereocenters. The molecule has 1 amide bonds. The largest absolute Gasteiger partial charge is 0.373 e. The maximum atomic E-state index is 12.4. The molecular formula is C22H33N3O3. The predicted molar refractivity (Wildman–Crippen MR) is 111 cm³/mol. The molecule has 154 valence electrons. The van der Waals surface area contributed by atoms with Crippen molar-refractivity contribution in [3.63, 3.8) is 0 Å². The number of nitrogens with zero attached hydrogens (tertiary/aromatic N) is 2. The number of amides is 1. The quantitative estimate of drug-likeness (QED) is 0.761. The van der Waals surface area contributed by atoms with Gasteiger partial charge in [0.25, 0.3) is 0 Å². The first-order valence-electron chi connectivity index (χ1n) is 10.4. The Kier molecular flexibility index (Phi) is 7.21. The summed E-state index contributed by atoms with van der Waals surface area (Å²) in [6.45, 7) is 11.3. The molecule has 2 heterocycles. The molecule has 2 aliphatic rings. The van der Waals surface area contributed by atoms with Gasteiger partial charge in [0.15, 0.2) is 5.78 Å². The van der Waals surface area contributed by atoms with E-state index in [0.29, 0.717) is 35.9 Å². The Labute approximate surface area is 168 Å². The molecule has 2 unspecified atom stereocenters. The van der Waals surface area contributed by atoms with Gasteiger partial charge in [-0.05, 0) is 64.8 Å². The molecule has 1 N–H and O–H groups in total. The Morgan fingerprint density at radius 2 is 1.79 bits per heavy atom. The van der Waals surface area contributed by atoms with Crippen molar-refractivity contribution in [2.45, 2.75) is 45.8 Å². The van der Waals surface area contributed by atoms with E-state index in [9.17, 15) is 9.59 Å². The lowest BCUT2D eigenvalue weighted by Gasteiger charge is -2.39. The molecule has 0 radical (unpaired) electrons. The molecule has 1 aromatic carbocycles. The standard InChI is InChI=1S/C22H33N3O3/c1-16-12-25(13-17(2)28-16)14-19-7-9-24(10-8-19)15-22(27)23-21-6-4-5-20(11-21)18(3)26/h4-6,11,16-17,19H,7-10,12-15H2,1-3H3,(H,23,27). The second-order valence-corrected chi connectivity index (χ2v) is 8.38. The molecule has 3 rings (SSSR count). The number of hydrogen-bond donors (Lipinski definition) is 1. The highest BCUT2D eigenvalue weighted by Gasteiger charge is 2.27. The fourth-order valence-electron chi connectivity index (χ4n) is 4.35. The third kappa shape index (κ3) is 6.12. The molecule has 2 fully saturated rings. The number of morpholine rings is 1. The minimum absolute atomic E-state index is 0.00206. The maximum Gasteiger partial charge on any atom is 0.238 e. The first-order valence-corrected chi connectivity index (χ1v) is 10.4. The number of benzene rings is 1. The van der Waals surface area contributed by atoms with Crippen molar-refractivity contribution in [2.24, 2.45) is 5.92 Å². The number of likely N-dealkylation sites (tertiary alicyclic amines) is 1. The predicted octanol–water partition coefficient (Wildman–Crippen LogP) is 2.65. The summed E-state index contributed by atoms with van der Waals surface area (Å²) < 4.78 is 5.82. The number of piperidine rings is 1. The highest BCUT2D eigenvalue weighted by atomic mass is 16.5. The number of carbonyl (C=O) groups is 2. The molecule has 0 saturated carbocycles. The lowest BCUT2D eigenvalue weighted by atomic mass is 9.95. The van der Waals surface area contributed by atoms with Gasteiger partial charge >= 0.3 is 0 Å². The van der Waals surface area contributed by atoms with Crippen LogP contribution >= 0.6 is 0 Å². The Balaban J connectivity index is 1.41. The van der Waals surface area contributed by atoms with Crippen molar-refractivity contribution in [2.75, 3.05) is 44.6 Å². The van der Waals surface area contributed by atoms with Crippen molar-refractivity contribution in [3.05, 3.63) is 29.8 Å². The molecular weight excluding hydrogens is 354 g/mol. The fourth-order valence-corrected chi connectivity index (χ4v) is 4.35. The Morgan fingerprint density at radius 3 is 2.43 bits per heavy atom. The summed E-state index contributed by atoms with van der Waals surface area (Å²) in [7, 11) is 0. The van der Waals surface area contributed by atoms with Crippen LogP contribution in [0, 0.1) is 5.92 Å². The number of hydrogen-bond acceptors (Lipinski definition) is 5. The fraction of sp³-hybridized carbons (Fsp3) is 0.636. The van der Waals surface area contributed by atoms with E-state index in [1.54, 1.807) is 18.2 Å². The van der Waals surface area contributed by atoms with E-state index in [1.165, 1.54) is 6.92 Å². The lowest BCUT2D eigenvalue weighted by molar-refractivity contribution is -0.117. The van der Waals surface area contributed by atoms with Gasteiger partial charge in [-0.15, -0.1) is 0 Å². The first kappa shape index (κ1) is 21.0. The number of ether oxygens (including phenoxy) is 1. The molecule has 0 spiro atoms. The Hall–Kier alpha value is -1.76. The van der Waals surface area contributed by atoms with Crippen LogP contribution in [0.4, 0.5) is 5.69 Å². The number of Topliss-reactive ketones (excluding diaryl/α,β-unsaturated/α-hetero) is 1. The summed E-state index contributed by atoms with van der Waals surface area (Å²) in [6, 6.07) is 7.11. The molecule has 6 heteroatoms. The Morgan fingerprint density at radius 1 is 1.11 bits per heavy atom. The van der Waals surface area contributed by atoms with Gasteiger partial charge in [0.2, 0.25) is 5.91 Å². The first-order chi connectivity index (χ1) is 13.4. The zero-order chi connectivity index (χ0) is 20.1. The van der Waals surface area contributed by atoms with Crippen LogP contribution in [0.3, 0.4) is 0 Å². The van der Waals surface area contributed by atoms with Gasteiger partial charge in [0.1, 0.15) is 0 Å². The summed E-state index contributed by atoms with van der Waals surface area (Å²) in [6.07, 6.45) is 2.89. The summed E-state index contributed by atoms with van der Waals surface area (Å²) in [4.78, 5) is 28.6. The van der Waals surface area contributed by atoms with Gasteiger partial charge in [-0.25, -0.2) is 0 Å². The van der Waals surface area contributed by atoms with E-state index in [-0.39, 0.29) is 11.7 Å². The van der Waals surface area contributed by atoms with E-state index < -0.39 is 0 Å². The Bertz CT molecular complexity index is 675. The maximum absolute atomic E-state index is 12.4. The van der Waals surface area contributed by atoms with Gasteiger partial charge in [0.05, 0.1) is 18.8 Å². The number of carbonyl (C=O) groups excluding carboxylic acids is 2. The zero-order valence-corrected chi connectivity index (χ0v) is 17.3. The van der Waals surface area contributed by atoms with Crippen LogP contribution < -0.4 is 5.32 Å². The van der Waals surface area contributed by atoms with Gasteiger partial charge < -0.3 is 10.1 Å². The van der Waals surface area contributed by atoms with Crippen molar-refractivity contribution >= 4 is 17.4 Å². The highest BCUT2D eigenvalue weighted by molar-refractivity contribution is 5.97. The second-order valence-electron chi connectivity index (χ2n) is 8.38. The van der Waals surface area contributed by atoms with Crippen LogP contribution in [-0.4, -0.2) is 73.0 Å². The molecule has 0 bridgehead atoms. The monoisotopic (exact) mass is 387 g/mol. The molecule has 2 saturated heterocycles. The van der Waals surface area contributed by atoms with Crippen LogP contribution in [0.25, 0.3) is 0 Å². The van der Waals surface area contributed by atoms with Gasteiger partial charge in [-0.2, -0.15) is 0 Å². The summed E-state index contributed by atoms with van der Waals surface area (Å²) >= 11 is 0. The smallest absolute Gasteiger partial charge is 0.238 e. The molecule has 0 aliphatic carbocycles. The average molecular weight is 388 g/mol. The van der Waals surface area contributed by atoms with E-state index >= 15 is 0 Å². The van der Waals surface area contributed by atoms with Crippen LogP contribution in [0.2, 0.25) is 0 Å². The molecule has 6 nitrogen and oxygen atoms in total. The second kappa shape index (κ2) is 9.63. The SMILES string of the molecule is CC(=O)c1cccc(NC(=O)CN2CCC(CN3CC(C)OC(C)C3)CC2)c1. The average Bonchev–Trinajstić information content (AvgIpc) is 2.62. The topological polar surface area (TPSA) is 61.9 Å². The van der Waals surface area contributed by atoms with Crippen molar-refractivity contribution in [3.8, 4) is 0 Å². The van der Waals surface area contributed by atoms with Crippen LogP contribution in [0.1, 0.15) is 44.0 Å². The molecule has 0 aromatic heterocycles. The van der Waals surface area contributed by atoms with Crippen LogP contribution in [-0.2, 0) is 9.53 Å². The van der Waals surface area contributed by atoms with Crippen molar-refractivity contribution in [1.29, 1.82) is 0 Å². The van der Waals surface area contributed by atoms with E-state index in [0.717, 1.165) is 45.6 Å². The number of ketones is 1. The summed E-state index contributed by atoms with van der Waals surface area (Å²) in [5, 5.41) is 2.92. The minimum Gasteiger partial charge on any atom is -0.373 e. The minimum atomic E-state index is -0.0185. The number of anilines is 1. The van der Waals surface area contributed by atoms with E-state index in [4.69, 9.17) is 4.74 Å². The van der Waals surface area contributed by atoms with Crippen LogP contribution in [0.5, 0.6) is 0 Å². The molecule has 1 aromatic rings. The molecule has 28 heavy (non-hydrogen) atoms. The van der Waals surface area contributed by atoms with Crippen molar-refractivity contribution < 1.29 is 14.3 Å². The van der Waals surface area contributed by atoms with E-state index in [2.05, 4.69) is 29.0 Å². The lowest BCUT2D eigenvalue weighted by Crippen LogP contribution is -2.48. The normalized spacial score (nSPS) is 24.8. The summed E-state index contributed by atoms with van der Waals surface area (Å²) in [5.74, 6) is 0.682. The third-order valence-corrected chi connectivity index (χ3v) is 5.64. The van der Waals surface area contributed by atoms with Gasteiger partial charge in [-0.1, -0.05) is 12.1 Å². The zero-order valence-electron chi connectivity index (χ0n) is 17.3. The van der Waals surface area contributed by atoms with E-state index in [1.807, 2.05) is 6.07 Å². The summed E-state index contributed by atoms with van der Waals surface area (Å²) in [5.41, 5.74) is 1.30. The molecule has 2 aliphatic heterocycles. The number of nitrogens with one attached hydrogen (secondary N) is 1. The van der Waals surface area contributed by atoms with Gasteiger partial charge in [0, 0.05) is 30.9 Å². The van der Waals surface area contributed by atoms with Gasteiger partial charge in [-0.3, -0.25) is 19.4 Å². The third-order valence-electron chi connectivity index (χ3n) is 5.64. The highest BCUT2D eigenvalue weighted by Crippen LogP contribution is 2.21. The van der Waals surface area contributed by atoms with Crippen LogP contribution in [0.15, 0.2) is 24.3 Å². The number of rotatable bonds is 6. The van der Waals surface area contributed by atoms with Crippen molar-refractivity contribution in [1.82, 2.24) is 9.80 Å².